The van der Waals surface area contributed by atoms with Gasteiger partial charge in [0, 0.05) is 6.54 Å². The van der Waals surface area contributed by atoms with Crippen LogP contribution in [0.3, 0.4) is 0 Å². The van der Waals surface area contributed by atoms with Crippen LogP contribution in [0.25, 0.3) is 0 Å². The molecule has 1 saturated carbocycles. The van der Waals surface area contributed by atoms with Crippen LogP contribution < -0.4 is 5.73 Å². The van der Waals surface area contributed by atoms with Crippen LogP contribution in [-0.4, -0.2) is 18.2 Å². The summed E-state index contributed by atoms with van der Waals surface area (Å²) in [6, 6.07) is 0. The summed E-state index contributed by atoms with van der Waals surface area (Å²) in [5.41, 5.74) is 5.93. The zero-order valence-electron chi connectivity index (χ0n) is 11.5. The van der Waals surface area contributed by atoms with E-state index in [1.807, 2.05) is 0 Å². The Morgan fingerprint density at radius 2 is 2.00 bits per heavy atom. The van der Waals surface area contributed by atoms with Gasteiger partial charge in [0.15, 0.2) is 0 Å². The van der Waals surface area contributed by atoms with E-state index in [0.717, 1.165) is 18.3 Å². The highest BCUT2D eigenvalue weighted by Gasteiger charge is 2.36. The molecule has 2 heteroatoms. The summed E-state index contributed by atoms with van der Waals surface area (Å²) in [6.07, 6.45) is 6.57. The van der Waals surface area contributed by atoms with E-state index in [1.54, 1.807) is 0 Å². The monoisotopic (exact) mass is 227 g/mol. The molecule has 0 heterocycles. The first-order valence-electron chi connectivity index (χ1n) is 6.85. The smallest absolute Gasteiger partial charge is 0.0810 e. The Hall–Kier alpha value is -0.0800. The molecule has 0 bridgehead atoms. The molecule has 0 aliphatic heterocycles. The lowest BCUT2D eigenvalue weighted by Crippen LogP contribution is -2.46. The van der Waals surface area contributed by atoms with Gasteiger partial charge in [0.1, 0.15) is 0 Å². The summed E-state index contributed by atoms with van der Waals surface area (Å²) in [7, 11) is 0. The Balaban J connectivity index is 2.57. The lowest BCUT2D eigenvalue weighted by Gasteiger charge is -2.42. The van der Waals surface area contributed by atoms with Crippen LogP contribution in [0.2, 0.25) is 0 Å². The molecule has 1 aliphatic carbocycles. The van der Waals surface area contributed by atoms with Crippen molar-refractivity contribution in [2.24, 2.45) is 17.6 Å². The summed E-state index contributed by atoms with van der Waals surface area (Å²) in [5, 5.41) is 0. The number of nitrogens with two attached hydrogens (primary N) is 1. The van der Waals surface area contributed by atoms with Gasteiger partial charge in [-0.15, -0.1) is 0 Å². The lowest BCUT2D eigenvalue weighted by atomic mass is 9.75. The maximum atomic E-state index is 6.11. The summed E-state index contributed by atoms with van der Waals surface area (Å²) in [5.74, 6) is 1.61. The predicted molar refractivity (Wildman–Crippen MR) is 69.4 cm³/mol. The third kappa shape index (κ3) is 4.06. The molecule has 96 valence electrons. The Morgan fingerprint density at radius 1 is 1.31 bits per heavy atom. The van der Waals surface area contributed by atoms with Crippen molar-refractivity contribution in [2.75, 3.05) is 6.54 Å². The maximum Gasteiger partial charge on any atom is 0.0810 e. The third-order valence-corrected chi connectivity index (χ3v) is 3.57. The molecule has 0 aromatic carbocycles. The van der Waals surface area contributed by atoms with Crippen molar-refractivity contribution in [2.45, 2.75) is 71.5 Å². The minimum absolute atomic E-state index is 0.0219. The Morgan fingerprint density at radius 3 is 2.50 bits per heavy atom. The topological polar surface area (TPSA) is 35.2 Å². The van der Waals surface area contributed by atoms with Crippen molar-refractivity contribution in [3.05, 3.63) is 0 Å². The Labute approximate surface area is 101 Å². The summed E-state index contributed by atoms with van der Waals surface area (Å²) in [4.78, 5) is 0. The largest absolute Gasteiger partial charge is 0.371 e. The van der Waals surface area contributed by atoms with Gasteiger partial charge >= 0.3 is 0 Å². The first kappa shape index (κ1) is 14.0. The molecule has 2 unspecified atom stereocenters. The fourth-order valence-corrected chi connectivity index (χ4v) is 3.15. The van der Waals surface area contributed by atoms with Crippen molar-refractivity contribution in [3.63, 3.8) is 0 Å². The van der Waals surface area contributed by atoms with Crippen LogP contribution in [0.1, 0.15) is 59.8 Å². The van der Waals surface area contributed by atoms with Gasteiger partial charge < -0.3 is 10.5 Å². The molecule has 0 aromatic rings. The fourth-order valence-electron chi connectivity index (χ4n) is 3.15. The molecule has 1 fully saturated rings. The normalized spacial score (nSPS) is 31.3. The highest BCUT2D eigenvalue weighted by atomic mass is 16.5. The number of hydrogen-bond donors (Lipinski definition) is 1. The van der Waals surface area contributed by atoms with Gasteiger partial charge in [-0.05, 0) is 44.9 Å². The van der Waals surface area contributed by atoms with Gasteiger partial charge in [-0.3, -0.25) is 0 Å². The van der Waals surface area contributed by atoms with Crippen LogP contribution in [0.15, 0.2) is 0 Å². The van der Waals surface area contributed by atoms with Crippen LogP contribution in [0, 0.1) is 11.8 Å². The molecule has 16 heavy (non-hydrogen) atoms. The predicted octanol–water partition coefficient (Wildman–Crippen LogP) is 3.35. The minimum atomic E-state index is -0.0219. The summed E-state index contributed by atoms with van der Waals surface area (Å²) < 4.78 is 6.11. The number of hydrogen-bond acceptors (Lipinski definition) is 2. The second kappa shape index (κ2) is 6.02. The Bertz CT molecular complexity index is 203. The van der Waals surface area contributed by atoms with Gasteiger partial charge in [0.2, 0.25) is 0 Å². The van der Waals surface area contributed by atoms with Gasteiger partial charge in [-0.1, -0.05) is 26.7 Å². The van der Waals surface area contributed by atoms with E-state index in [9.17, 15) is 0 Å². The van der Waals surface area contributed by atoms with E-state index in [4.69, 9.17) is 10.5 Å². The van der Waals surface area contributed by atoms with E-state index in [2.05, 4.69) is 27.7 Å². The average Bonchev–Trinajstić information content (AvgIpc) is 2.16. The molecule has 0 saturated heterocycles. The van der Waals surface area contributed by atoms with E-state index < -0.39 is 0 Å². The van der Waals surface area contributed by atoms with Gasteiger partial charge in [-0.2, -0.15) is 0 Å². The molecular formula is C14H29NO. The molecule has 2 N–H and O–H groups in total. The highest BCUT2D eigenvalue weighted by Crippen LogP contribution is 2.38. The Kier molecular flexibility index (Phi) is 5.26. The van der Waals surface area contributed by atoms with E-state index in [1.165, 1.54) is 25.7 Å². The average molecular weight is 227 g/mol. The minimum Gasteiger partial charge on any atom is -0.371 e. The first-order valence-corrected chi connectivity index (χ1v) is 6.85. The molecular weight excluding hydrogens is 198 g/mol. The molecule has 0 spiro atoms. The zero-order chi connectivity index (χ0) is 12.2. The van der Waals surface area contributed by atoms with Crippen LogP contribution in [0.5, 0.6) is 0 Å². The standard InChI is InChI=1S/C14H29NO/c1-11(2)8-13-6-5-7-14(9-13,10-15)16-12(3)4/h11-13H,5-10,15H2,1-4H3. The summed E-state index contributed by atoms with van der Waals surface area (Å²) in [6.45, 7) is 9.52. The number of rotatable bonds is 5. The van der Waals surface area contributed by atoms with Gasteiger partial charge in [0.25, 0.3) is 0 Å². The van der Waals surface area contributed by atoms with Gasteiger partial charge in [-0.25, -0.2) is 0 Å². The third-order valence-electron chi connectivity index (χ3n) is 3.57. The molecule has 0 radical (unpaired) electrons. The van der Waals surface area contributed by atoms with Crippen molar-refractivity contribution in [1.82, 2.24) is 0 Å². The van der Waals surface area contributed by atoms with Gasteiger partial charge in [0.05, 0.1) is 11.7 Å². The molecule has 2 atom stereocenters. The van der Waals surface area contributed by atoms with E-state index >= 15 is 0 Å². The summed E-state index contributed by atoms with van der Waals surface area (Å²) >= 11 is 0. The zero-order valence-corrected chi connectivity index (χ0v) is 11.5. The van der Waals surface area contributed by atoms with E-state index in [0.29, 0.717) is 12.6 Å². The molecule has 1 rings (SSSR count). The SMILES string of the molecule is CC(C)CC1CCCC(CN)(OC(C)C)C1. The molecule has 0 aromatic heterocycles. The fraction of sp³-hybridized carbons (Fsp3) is 1.00. The molecule has 2 nitrogen and oxygen atoms in total. The number of ether oxygens (including phenoxy) is 1. The van der Waals surface area contributed by atoms with Crippen molar-refractivity contribution in [3.8, 4) is 0 Å². The molecule has 0 amide bonds. The quantitative estimate of drug-likeness (QED) is 0.781. The second-order valence-corrected chi connectivity index (χ2v) is 6.15. The van der Waals surface area contributed by atoms with Crippen molar-refractivity contribution >= 4 is 0 Å². The van der Waals surface area contributed by atoms with Crippen molar-refractivity contribution in [1.29, 1.82) is 0 Å². The molecule has 1 aliphatic rings. The van der Waals surface area contributed by atoms with Crippen LogP contribution in [0.4, 0.5) is 0 Å². The van der Waals surface area contributed by atoms with Crippen LogP contribution in [-0.2, 0) is 4.74 Å². The first-order chi connectivity index (χ1) is 7.47. The highest BCUT2D eigenvalue weighted by molar-refractivity contribution is 4.89. The van der Waals surface area contributed by atoms with Crippen LogP contribution >= 0.6 is 0 Å². The lowest BCUT2D eigenvalue weighted by molar-refractivity contribution is -0.107. The maximum absolute atomic E-state index is 6.11. The van der Waals surface area contributed by atoms with E-state index in [-0.39, 0.29) is 5.60 Å². The second-order valence-electron chi connectivity index (χ2n) is 6.15. The van der Waals surface area contributed by atoms with Crippen molar-refractivity contribution < 1.29 is 4.74 Å².